The fourth-order valence-corrected chi connectivity index (χ4v) is 2.65. The largest absolute Gasteiger partial charge is 0.490 e. The number of benzene rings is 3. The van der Waals surface area contributed by atoms with Gasteiger partial charge in [-0.1, -0.05) is 18.2 Å². The second kappa shape index (κ2) is 9.83. The van der Waals surface area contributed by atoms with Gasteiger partial charge in [0.15, 0.2) is 0 Å². The Morgan fingerprint density at radius 2 is 1.42 bits per heavy atom. The average molecular weight is 423 g/mol. The Balaban J connectivity index is 1.57. The van der Waals surface area contributed by atoms with E-state index in [9.17, 15) is 25.0 Å². The van der Waals surface area contributed by atoms with E-state index in [0.717, 1.165) is 23.9 Å². The average Bonchev–Trinajstić information content (AvgIpc) is 2.78. The van der Waals surface area contributed by atoms with E-state index in [0.29, 0.717) is 24.7 Å². The molecule has 158 valence electrons. The second-order valence-electron chi connectivity index (χ2n) is 6.20. The molecule has 0 unspecified atom stereocenters. The monoisotopic (exact) mass is 423 g/mol. The maximum absolute atomic E-state index is 12.4. The lowest BCUT2D eigenvalue weighted by Gasteiger charge is -2.10. The predicted octanol–water partition coefficient (Wildman–Crippen LogP) is 4.21. The van der Waals surface area contributed by atoms with E-state index < -0.39 is 27.1 Å². The van der Waals surface area contributed by atoms with E-state index in [4.69, 9.17) is 9.47 Å². The maximum Gasteiger partial charge on any atom is 0.289 e. The van der Waals surface area contributed by atoms with E-state index >= 15 is 0 Å². The van der Waals surface area contributed by atoms with Crippen molar-refractivity contribution < 1.29 is 24.1 Å². The van der Waals surface area contributed by atoms with Gasteiger partial charge in [0.05, 0.1) is 15.9 Å². The molecule has 3 aromatic rings. The molecule has 1 N–H and O–H groups in total. The van der Waals surface area contributed by atoms with E-state index in [1.165, 1.54) is 0 Å². The summed E-state index contributed by atoms with van der Waals surface area (Å²) in [7, 11) is 0. The Kier molecular flexibility index (Phi) is 6.74. The Bertz CT molecular complexity index is 1090. The van der Waals surface area contributed by atoms with Crippen LogP contribution in [0.3, 0.4) is 0 Å². The Morgan fingerprint density at radius 3 is 2.00 bits per heavy atom. The first-order valence-electron chi connectivity index (χ1n) is 9.09. The Labute approximate surface area is 176 Å². The SMILES string of the molecule is O=C(Nc1ccc(OCCOc2ccccc2)cc1)c1ccc([N+](=O)[O-])cc1[N+](=O)[O-]. The molecule has 0 radical (unpaired) electrons. The van der Waals surface area contributed by atoms with Crippen molar-refractivity contribution in [3.05, 3.63) is 98.6 Å². The summed E-state index contributed by atoms with van der Waals surface area (Å²) in [5.74, 6) is 0.534. The third-order valence-electron chi connectivity index (χ3n) is 4.11. The minimum atomic E-state index is -0.837. The van der Waals surface area contributed by atoms with E-state index in [1.807, 2.05) is 30.3 Å². The summed E-state index contributed by atoms with van der Waals surface area (Å²) in [5, 5.41) is 24.5. The molecule has 0 atom stereocenters. The van der Waals surface area contributed by atoms with Gasteiger partial charge in [-0.2, -0.15) is 0 Å². The number of nitrogens with zero attached hydrogens (tertiary/aromatic N) is 2. The molecular formula is C21H17N3O7. The van der Waals surface area contributed by atoms with Crippen LogP contribution in [0.4, 0.5) is 17.1 Å². The zero-order valence-electron chi connectivity index (χ0n) is 16.1. The van der Waals surface area contributed by atoms with Crippen molar-refractivity contribution in [1.82, 2.24) is 0 Å². The third kappa shape index (κ3) is 5.76. The van der Waals surface area contributed by atoms with Crippen LogP contribution < -0.4 is 14.8 Å². The zero-order chi connectivity index (χ0) is 22.2. The molecule has 0 bridgehead atoms. The molecule has 3 aromatic carbocycles. The van der Waals surface area contributed by atoms with Crippen molar-refractivity contribution in [1.29, 1.82) is 0 Å². The van der Waals surface area contributed by atoms with Gasteiger partial charge in [0.1, 0.15) is 30.3 Å². The van der Waals surface area contributed by atoms with Crippen molar-refractivity contribution >= 4 is 23.0 Å². The fourth-order valence-electron chi connectivity index (χ4n) is 2.65. The number of non-ortho nitro benzene ring substituents is 1. The van der Waals surface area contributed by atoms with Crippen LogP contribution >= 0.6 is 0 Å². The smallest absolute Gasteiger partial charge is 0.289 e. The van der Waals surface area contributed by atoms with Gasteiger partial charge < -0.3 is 14.8 Å². The van der Waals surface area contributed by atoms with Gasteiger partial charge in [0.25, 0.3) is 17.3 Å². The lowest BCUT2D eigenvalue weighted by molar-refractivity contribution is -0.394. The molecule has 10 heteroatoms. The second-order valence-corrected chi connectivity index (χ2v) is 6.20. The molecule has 0 aliphatic carbocycles. The molecule has 10 nitrogen and oxygen atoms in total. The number of carbonyl (C=O) groups excluding carboxylic acids is 1. The molecule has 0 aliphatic heterocycles. The molecule has 0 saturated carbocycles. The van der Waals surface area contributed by atoms with Crippen molar-refractivity contribution in [2.24, 2.45) is 0 Å². The van der Waals surface area contributed by atoms with Gasteiger partial charge in [-0.3, -0.25) is 25.0 Å². The van der Waals surface area contributed by atoms with E-state index in [1.54, 1.807) is 24.3 Å². The number of para-hydroxylation sites is 1. The molecule has 0 aliphatic rings. The fraction of sp³-hybridized carbons (Fsp3) is 0.0952. The number of amides is 1. The van der Waals surface area contributed by atoms with Crippen molar-refractivity contribution in [3.8, 4) is 11.5 Å². The number of nitro benzene ring substituents is 2. The minimum absolute atomic E-state index is 0.283. The van der Waals surface area contributed by atoms with Gasteiger partial charge in [-0.05, 0) is 42.5 Å². The maximum atomic E-state index is 12.4. The molecule has 0 spiro atoms. The van der Waals surface area contributed by atoms with E-state index in [2.05, 4.69) is 5.32 Å². The number of hydrogen-bond acceptors (Lipinski definition) is 7. The number of nitrogens with one attached hydrogen (secondary N) is 1. The van der Waals surface area contributed by atoms with Crippen LogP contribution in [0.5, 0.6) is 11.5 Å². The number of anilines is 1. The van der Waals surface area contributed by atoms with Crippen LogP contribution in [0.15, 0.2) is 72.8 Å². The zero-order valence-corrected chi connectivity index (χ0v) is 16.1. The first-order chi connectivity index (χ1) is 14.9. The van der Waals surface area contributed by atoms with E-state index in [-0.39, 0.29) is 5.56 Å². The topological polar surface area (TPSA) is 134 Å². The quantitative estimate of drug-likeness (QED) is 0.309. The summed E-state index contributed by atoms with van der Waals surface area (Å²) in [6.07, 6.45) is 0. The van der Waals surface area contributed by atoms with Crippen LogP contribution in [-0.4, -0.2) is 29.0 Å². The Morgan fingerprint density at radius 1 is 0.806 bits per heavy atom. The highest BCUT2D eigenvalue weighted by Crippen LogP contribution is 2.26. The molecule has 31 heavy (non-hydrogen) atoms. The molecular weight excluding hydrogens is 406 g/mol. The van der Waals surface area contributed by atoms with Crippen LogP contribution in [0.2, 0.25) is 0 Å². The lowest BCUT2D eigenvalue weighted by atomic mass is 10.1. The molecule has 3 rings (SSSR count). The van der Waals surface area contributed by atoms with Gasteiger partial charge in [-0.15, -0.1) is 0 Å². The first-order valence-corrected chi connectivity index (χ1v) is 9.09. The molecule has 0 heterocycles. The summed E-state index contributed by atoms with van der Waals surface area (Å²) in [6.45, 7) is 0.669. The summed E-state index contributed by atoms with van der Waals surface area (Å²) in [6, 6.07) is 18.6. The molecule has 0 saturated heterocycles. The molecule has 1 amide bonds. The van der Waals surface area contributed by atoms with Crippen LogP contribution in [0.1, 0.15) is 10.4 Å². The van der Waals surface area contributed by atoms with Gasteiger partial charge >= 0.3 is 0 Å². The highest BCUT2D eigenvalue weighted by Gasteiger charge is 2.24. The summed E-state index contributed by atoms with van der Waals surface area (Å²) in [5.41, 5.74) is -1.02. The summed E-state index contributed by atoms with van der Waals surface area (Å²) in [4.78, 5) is 32.8. The summed E-state index contributed by atoms with van der Waals surface area (Å²) >= 11 is 0. The van der Waals surface area contributed by atoms with Crippen molar-refractivity contribution in [2.75, 3.05) is 18.5 Å². The number of ether oxygens (including phenoxy) is 2. The summed E-state index contributed by atoms with van der Waals surface area (Å²) < 4.78 is 11.1. The number of carbonyl (C=O) groups is 1. The predicted molar refractivity (Wildman–Crippen MR) is 112 cm³/mol. The molecule has 0 fully saturated rings. The first kappa shape index (κ1) is 21.2. The minimum Gasteiger partial charge on any atom is -0.490 e. The number of nitro groups is 2. The highest BCUT2D eigenvalue weighted by atomic mass is 16.6. The van der Waals surface area contributed by atoms with Gasteiger partial charge in [0.2, 0.25) is 0 Å². The van der Waals surface area contributed by atoms with Crippen LogP contribution in [0.25, 0.3) is 0 Å². The normalized spacial score (nSPS) is 10.2. The standard InChI is InChI=1S/C21H17N3O7/c25-21(19-11-8-16(23(26)27)14-20(19)24(28)29)22-15-6-9-18(10-7-15)31-13-12-30-17-4-2-1-3-5-17/h1-11,14H,12-13H2,(H,22,25). The van der Waals surface area contributed by atoms with Gasteiger partial charge in [0, 0.05) is 11.8 Å². The number of hydrogen-bond donors (Lipinski definition) is 1. The van der Waals surface area contributed by atoms with Crippen LogP contribution in [-0.2, 0) is 0 Å². The van der Waals surface area contributed by atoms with Crippen LogP contribution in [0, 0.1) is 20.2 Å². The number of rotatable bonds is 9. The van der Waals surface area contributed by atoms with Crippen molar-refractivity contribution in [3.63, 3.8) is 0 Å². The van der Waals surface area contributed by atoms with Gasteiger partial charge in [-0.25, -0.2) is 0 Å². The Hall–Kier alpha value is -4.47. The highest BCUT2D eigenvalue weighted by molar-refractivity contribution is 6.07. The molecule has 0 aromatic heterocycles. The van der Waals surface area contributed by atoms with Crippen molar-refractivity contribution in [2.45, 2.75) is 0 Å². The third-order valence-corrected chi connectivity index (χ3v) is 4.11. The lowest BCUT2D eigenvalue weighted by Crippen LogP contribution is -2.14.